The lowest BCUT2D eigenvalue weighted by molar-refractivity contribution is -0.134. The number of amides is 4. The number of thiophene rings is 1. The van der Waals surface area contributed by atoms with Gasteiger partial charge in [0.15, 0.2) is 6.61 Å². The Kier molecular flexibility index (Phi) is 8.61. The van der Waals surface area contributed by atoms with E-state index in [1.807, 2.05) is 55.5 Å². The van der Waals surface area contributed by atoms with Crippen molar-refractivity contribution in [3.63, 3.8) is 0 Å². The summed E-state index contributed by atoms with van der Waals surface area (Å²) < 4.78 is 7.85. The van der Waals surface area contributed by atoms with Gasteiger partial charge >= 0.3 is 6.03 Å². The van der Waals surface area contributed by atoms with Crippen molar-refractivity contribution in [2.45, 2.75) is 72.3 Å². The van der Waals surface area contributed by atoms with Crippen molar-refractivity contribution in [3.8, 4) is 11.4 Å². The monoisotopic (exact) mass is 640 g/mol. The molecule has 6 rings (SSSR count). The molecule has 3 heterocycles. The fourth-order valence-electron chi connectivity index (χ4n) is 5.93. The minimum Gasteiger partial charge on any atom is -0.483 e. The molecule has 4 aromatic rings. The van der Waals surface area contributed by atoms with Gasteiger partial charge in [0.2, 0.25) is 5.91 Å². The average Bonchev–Trinajstić information content (AvgIpc) is 3.75. The molecule has 0 bridgehead atoms. The quantitative estimate of drug-likeness (QED) is 0.211. The van der Waals surface area contributed by atoms with Gasteiger partial charge < -0.3 is 20.3 Å². The summed E-state index contributed by atoms with van der Waals surface area (Å²) in [6.45, 7) is 10.9. The van der Waals surface area contributed by atoms with E-state index in [2.05, 4.69) is 36.7 Å². The van der Waals surface area contributed by atoms with Gasteiger partial charge in [-0.2, -0.15) is 5.10 Å². The molecule has 11 heteroatoms. The van der Waals surface area contributed by atoms with Gasteiger partial charge in [-0.15, -0.1) is 11.3 Å². The molecular weight excluding hydrogens is 600 g/mol. The highest BCUT2D eigenvalue weighted by Gasteiger charge is 2.26. The number of urea groups is 1. The van der Waals surface area contributed by atoms with Gasteiger partial charge in [0, 0.05) is 42.1 Å². The van der Waals surface area contributed by atoms with Crippen LogP contribution in [0.25, 0.3) is 5.69 Å². The molecular formula is C35H40N6O4S. The normalized spacial score (nSPS) is 14.0. The molecule has 1 aliphatic carbocycles. The Labute approximate surface area is 273 Å². The number of aryl methyl sites for hydroxylation is 1. The Morgan fingerprint density at radius 1 is 0.957 bits per heavy atom. The molecule has 0 fully saturated rings. The lowest BCUT2D eigenvalue weighted by Gasteiger charge is -2.27. The molecule has 2 aromatic heterocycles. The van der Waals surface area contributed by atoms with E-state index in [1.165, 1.54) is 11.8 Å². The van der Waals surface area contributed by atoms with Crippen LogP contribution in [0.2, 0.25) is 0 Å². The van der Waals surface area contributed by atoms with Crippen LogP contribution in [0, 0.1) is 6.92 Å². The van der Waals surface area contributed by atoms with Crippen LogP contribution in [-0.2, 0) is 40.8 Å². The van der Waals surface area contributed by atoms with Crippen molar-refractivity contribution in [1.29, 1.82) is 0 Å². The largest absolute Gasteiger partial charge is 0.483 e. The zero-order valence-corrected chi connectivity index (χ0v) is 27.8. The summed E-state index contributed by atoms with van der Waals surface area (Å²) in [5.41, 5.74) is 6.55. The van der Waals surface area contributed by atoms with Crippen LogP contribution in [0.5, 0.6) is 5.75 Å². The van der Waals surface area contributed by atoms with Crippen molar-refractivity contribution >= 4 is 45.7 Å². The number of ether oxygens (including phenoxy) is 1. The second-order valence-corrected chi connectivity index (χ2v) is 14.1. The van der Waals surface area contributed by atoms with Crippen molar-refractivity contribution in [2.75, 3.05) is 29.1 Å². The van der Waals surface area contributed by atoms with Crippen LogP contribution in [0.1, 0.15) is 66.9 Å². The first-order valence-electron chi connectivity index (χ1n) is 15.6. The van der Waals surface area contributed by atoms with Crippen LogP contribution in [0.15, 0.2) is 48.5 Å². The van der Waals surface area contributed by atoms with Crippen molar-refractivity contribution in [2.24, 2.45) is 0 Å². The van der Waals surface area contributed by atoms with Gasteiger partial charge in [-0.3, -0.25) is 14.9 Å². The van der Waals surface area contributed by atoms with Crippen LogP contribution < -0.4 is 20.7 Å². The summed E-state index contributed by atoms with van der Waals surface area (Å²) in [7, 11) is 0. The molecule has 0 radical (unpaired) electrons. The van der Waals surface area contributed by atoms with E-state index in [4.69, 9.17) is 9.84 Å². The minimum absolute atomic E-state index is 0.0587. The van der Waals surface area contributed by atoms with E-state index in [1.54, 1.807) is 20.9 Å². The SMILES string of the molecule is CC(=O)Nc1cc2c(s1)CCN(C(=O)COc1ccc(NC(=O)Nc3cc(C(C)(C)C)nn3-c3ccc(C)cc3)c3c1CCC3)C2. The van der Waals surface area contributed by atoms with Crippen molar-refractivity contribution in [1.82, 2.24) is 14.7 Å². The first kappa shape index (κ1) is 31.3. The number of aromatic nitrogens is 2. The van der Waals surface area contributed by atoms with E-state index < -0.39 is 0 Å². The molecule has 10 nitrogen and oxygen atoms in total. The molecule has 4 amide bonds. The summed E-state index contributed by atoms with van der Waals surface area (Å²) >= 11 is 1.57. The molecule has 3 N–H and O–H groups in total. The number of anilines is 3. The van der Waals surface area contributed by atoms with Crippen LogP contribution in [0.3, 0.4) is 0 Å². The summed E-state index contributed by atoms with van der Waals surface area (Å²) in [5, 5.41) is 14.5. The number of carbonyl (C=O) groups is 3. The van der Waals surface area contributed by atoms with Crippen molar-refractivity contribution in [3.05, 3.63) is 81.4 Å². The third kappa shape index (κ3) is 6.79. The predicted octanol–water partition coefficient (Wildman–Crippen LogP) is 6.59. The number of nitrogens with zero attached hydrogens (tertiary/aromatic N) is 3. The lowest BCUT2D eigenvalue weighted by Crippen LogP contribution is -2.38. The van der Waals surface area contributed by atoms with E-state index >= 15 is 0 Å². The molecule has 240 valence electrons. The molecule has 1 aliphatic heterocycles. The lowest BCUT2D eigenvalue weighted by atomic mass is 9.92. The molecule has 0 saturated heterocycles. The van der Waals surface area contributed by atoms with Gasteiger partial charge in [-0.25, -0.2) is 9.48 Å². The Morgan fingerprint density at radius 2 is 1.72 bits per heavy atom. The fourth-order valence-corrected chi connectivity index (χ4v) is 7.04. The first-order chi connectivity index (χ1) is 21.9. The zero-order chi connectivity index (χ0) is 32.6. The maximum atomic E-state index is 13.3. The van der Waals surface area contributed by atoms with Gasteiger partial charge in [0.1, 0.15) is 11.6 Å². The average molecular weight is 641 g/mol. The van der Waals surface area contributed by atoms with Crippen LogP contribution in [-0.4, -0.2) is 45.7 Å². The number of hydrogen-bond donors (Lipinski definition) is 3. The van der Waals surface area contributed by atoms with Gasteiger partial charge in [-0.05, 0) is 79.6 Å². The number of hydrogen-bond acceptors (Lipinski definition) is 6. The van der Waals surface area contributed by atoms with E-state index in [0.29, 0.717) is 24.7 Å². The molecule has 0 spiro atoms. The number of fused-ring (bicyclic) bond motifs is 2. The smallest absolute Gasteiger partial charge is 0.324 e. The maximum absolute atomic E-state index is 13.3. The number of carbonyl (C=O) groups excluding carboxylic acids is 3. The predicted molar refractivity (Wildman–Crippen MR) is 181 cm³/mol. The Balaban J connectivity index is 1.12. The number of rotatable bonds is 7. The second-order valence-electron chi connectivity index (χ2n) is 13.0. The third-order valence-electron chi connectivity index (χ3n) is 8.36. The van der Waals surface area contributed by atoms with Gasteiger partial charge in [-0.1, -0.05) is 38.5 Å². The summed E-state index contributed by atoms with van der Waals surface area (Å²) in [4.78, 5) is 40.9. The highest BCUT2D eigenvalue weighted by Crippen LogP contribution is 2.37. The van der Waals surface area contributed by atoms with Crippen molar-refractivity contribution < 1.29 is 19.1 Å². The minimum atomic E-state index is -0.355. The molecule has 0 atom stereocenters. The first-order valence-corrected chi connectivity index (χ1v) is 16.5. The topological polar surface area (TPSA) is 118 Å². The third-order valence-corrected chi connectivity index (χ3v) is 9.51. The fraction of sp³-hybridized carbons (Fsp3) is 0.371. The maximum Gasteiger partial charge on any atom is 0.324 e. The van der Waals surface area contributed by atoms with Gasteiger partial charge in [0.05, 0.1) is 16.4 Å². The molecule has 0 unspecified atom stereocenters. The second kappa shape index (κ2) is 12.6. The van der Waals surface area contributed by atoms with Crippen LogP contribution in [0.4, 0.5) is 21.3 Å². The molecule has 0 saturated carbocycles. The summed E-state index contributed by atoms with van der Waals surface area (Å²) in [6, 6.07) is 15.2. The highest BCUT2D eigenvalue weighted by atomic mass is 32.1. The molecule has 2 aromatic carbocycles. The molecule has 2 aliphatic rings. The molecule has 46 heavy (non-hydrogen) atoms. The Bertz CT molecular complexity index is 1800. The van der Waals surface area contributed by atoms with E-state index in [0.717, 1.165) is 70.0 Å². The standard InChI is InChI=1S/C35H40N6O4S/c1-21-9-11-24(12-10-21)41-31(18-30(39-41)35(3,4)5)38-34(44)37-27-13-14-28(26-8-6-7-25(26)27)45-20-33(43)40-16-15-29-23(19-40)17-32(46-29)36-22(2)42/h9-14,17-18H,6-8,15-16,19-20H2,1-5H3,(H,36,42)(H2,37,38,44). The van der Waals surface area contributed by atoms with Gasteiger partial charge in [0.25, 0.3) is 5.91 Å². The Hall–Kier alpha value is -4.64. The number of benzene rings is 2. The Morgan fingerprint density at radius 3 is 2.46 bits per heavy atom. The zero-order valence-electron chi connectivity index (χ0n) is 27.0. The summed E-state index contributed by atoms with van der Waals surface area (Å²) in [6.07, 6.45) is 3.33. The summed E-state index contributed by atoms with van der Waals surface area (Å²) in [5.74, 6) is 1.08. The highest BCUT2D eigenvalue weighted by molar-refractivity contribution is 7.16. The number of nitrogens with one attached hydrogen (secondary N) is 3. The van der Waals surface area contributed by atoms with Crippen LogP contribution >= 0.6 is 11.3 Å². The van der Waals surface area contributed by atoms with E-state index in [-0.39, 0.29) is 29.9 Å². The van der Waals surface area contributed by atoms with E-state index in [9.17, 15) is 14.4 Å².